The second-order valence-corrected chi connectivity index (χ2v) is 3.07. The monoisotopic (exact) mass is 137 g/mol. The topological polar surface area (TPSA) is 26.0 Å². The summed E-state index contributed by atoms with van der Waals surface area (Å²) < 4.78 is 4.82. The molecular formula is C8H11NO. The Morgan fingerprint density at radius 3 is 3.00 bits per heavy atom. The quantitative estimate of drug-likeness (QED) is 0.622. The molecule has 0 unspecified atom stereocenters. The van der Waals surface area contributed by atoms with Gasteiger partial charge in [-0.15, -0.1) is 0 Å². The predicted octanol–water partition coefficient (Wildman–Crippen LogP) is 1.94. The van der Waals surface area contributed by atoms with Crippen molar-refractivity contribution in [3.63, 3.8) is 0 Å². The highest BCUT2D eigenvalue weighted by Crippen LogP contribution is 2.33. The highest BCUT2D eigenvalue weighted by Gasteiger charge is 2.22. The molecule has 0 radical (unpaired) electrons. The fourth-order valence-corrected chi connectivity index (χ4v) is 1.14. The maximum atomic E-state index is 4.82. The van der Waals surface area contributed by atoms with Gasteiger partial charge in [-0.05, 0) is 32.1 Å². The highest BCUT2D eigenvalue weighted by molar-refractivity contribution is 5.14. The van der Waals surface area contributed by atoms with Crippen molar-refractivity contribution >= 4 is 0 Å². The van der Waals surface area contributed by atoms with E-state index < -0.39 is 0 Å². The smallest absolute Gasteiger partial charge is 0.127 e. The van der Waals surface area contributed by atoms with Crippen LogP contribution < -0.4 is 0 Å². The highest BCUT2D eigenvalue weighted by atomic mass is 16.5. The molecule has 1 aliphatic carbocycles. The van der Waals surface area contributed by atoms with E-state index in [1.165, 1.54) is 24.8 Å². The van der Waals surface area contributed by atoms with Crippen molar-refractivity contribution < 1.29 is 4.52 Å². The van der Waals surface area contributed by atoms with Crippen LogP contribution in [-0.2, 0) is 6.42 Å². The maximum Gasteiger partial charge on any atom is 0.127 e. The molecule has 1 aromatic rings. The Labute approximate surface area is 60.2 Å². The molecule has 0 spiro atoms. The van der Waals surface area contributed by atoms with Crippen molar-refractivity contribution in [1.29, 1.82) is 0 Å². The van der Waals surface area contributed by atoms with Crippen LogP contribution in [0.1, 0.15) is 24.1 Å². The van der Waals surface area contributed by atoms with E-state index in [9.17, 15) is 0 Å². The lowest BCUT2D eigenvalue weighted by Crippen LogP contribution is -1.86. The molecule has 0 bridgehead atoms. The summed E-state index contributed by atoms with van der Waals surface area (Å²) in [6.07, 6.45) is 5.73. The summed E-state index contributed by atoms with van der Waals surface area (Å²) in [6.45, 7) is 2.00. The van der Waals surface area contributed by atoms with Gasteiger partial charge in [0.2, 0.25) is 0 Å². The third-order valence-electron chi connectivity index (χ3n) is 2.05. The Bertz CT molecular complexity index is 225. The zero-order valence-corrected chi connectivity index (χ0v) is 6.13. The summed E-state index contributed by atoms with van der Waals surface area (Å²) in [6, 6.07) is 0. The first kappa shape index (κ1) is 5.96. The van der Waals surface area contributed by atoms with Crippen molar-refractivity contribution in [2.24, 2.45) is 5.92 Å². The first-order valence-corrected chi connectivity index (χ1v) is 3.76. The molecule has 0 aromatic carbocycles. The number of rotatable bonds is 2. The molecule has 2 heteroatoms. The van der Waals surface area contributed by atoms with Gasteiger partial charge in [0.05, 0.1) is 5.69 Å². The van der Waals surface area contributed by atoms with Gasteiger partial charge < -0.3 is 4.52 Å². The van der Waals surface area contributed by atoms with Crippen molar-refractivity contribution in [1.82, 2.24) is 5.16 Å². The van der Waals surface area contributed by atoms with E-state index in [2.05, 4.69) is 5.16 Å². The van der Waals surface area contributed by atoms with Crippen LogP contribution in [0.15, 0.2) is 10.8 Å². The Hall–Kier alpha value is -0.790. The normalized spacial score (nSPS) is 17.7. The fourth-order valence-electron chi connectivity index (χ4n) is 1.14. The van der Waals surface area contributed by atoms with Crippen molar-refractivity contribution in [3.05, 3.63) is 17.5 Å². The van der Waals surface area contributed by atoms with E-state index in [1.54, 1.807) is 6.26 Å². The standard InChI is InChI=1S/C8H11NO/c1-6-8(5-10-9-6)4-7-2-3-7/h5,7H,2-4H2,1H3. The first-order valence-electron chi connectivity index (χ1n) is 3.76. The predicted molar refractivity (Wildman–Crippen MR) is 37.7 cm³/mol. The minimum Gasteiger partial charge on any atom is -0.364 e. The lowest BCUT2D eigenvalue weighted by molar-refractivity contribution is 0.414. The van der Waals surface area contributed by atoms with Crippen LogP contribution >= 0.6 is 0 Å². The largest absolute Gasteiger partial charge is 0.364 e. The molecular weight excluding hydrogens is 126 g/mol. The fraction of sp³-hybridized carbons (Fsp3) is 0.625. The summed E-state index contributed by atoms with van der Waals surface area (Å²) in [5.74, 6) is 0.929. The van der Waals surface area contributed by atoms with E-state index in [0.29, 0.717) is 0 Å². The van der Waals surface area contributed by atoms with Gasteiger partial charge in [-0.3, -0.25) is 0 Å². The summed E-state index contributed by atoms with van der Waals surface area (Å²) >= 11 is 0. The minimum atomic E-state index is 0.929. The van der Waals surface area contributed by atoms with Gasteiger partial charge in [0.15, 0.2) is 0 Å². The van der Waals surface area contributed by atoms with Gasteiger partial charge in [0, 0.05) is 5.56 Å². The number of aryl methyl sites for hydroxylation is 1. The molecule has 1 saturated carbocycles. The number of hydrogen-bond donors (Lipinski definition) is 0. The van der Waals surface area contributed by atoms with Gasteiger partial charge in [0.25, 0.3) is 0 Å². The van der Waals surface area contributed by atoms with Gasteiger partial charge in [-0.25, -0.2) is 0 Å². The number of nitrogens with zero attached hydrogens (tertiary/aromatic N) is 1. The molecule has 54 valence electrons. The Morgan fingerprint density at radius 2 is 2.50 bits per heavy atom. The Kier molecular flexibility index (Phi) is 1.26. The molecule has 1 aromatic heterocycles. The summed E-state index contributed by atoms with van der Waals surface area (Å²) in [7, 11) is 0. The molecule has 0 saturated heterocycles. The van der Waals surface area contributed by atoms with Crippen LogP contribution in [0.5, 0.6) is 0 Å². The van der Waals surface area contributed by atoms with Gasteiger partial charge in [-0.1, -0.05) is 5.16 Å². The lowest BCUT2D eigenvalue weighted by atomic mass is 10.1. The van der Waals surface area contributed by atoms with E-state index in [1.807, 2.05) is 6.92 Å². The van der Waals surface area contributed by atoms with Crippen molar-refractivity contribution in [2.75, 3.05) is 0 Å². The first-order chi connectivity index (χ1) is 4.86. The second-order valence-electron chi connectivity index (χ2n) is 3.07. The zero-order valence-electron chi connectivity index (χ0n) is 6.13. The molecule has 2 rings (SSSR count). The lowest BCUT2D eigenvalue weighted by Gasteiger charge is -1.90. The van der Waals surface area contributed by atoms with Gasteiger partial charge >= 0.3 is 0 Å². The molecule has 1 heterocycles. The van der Waals surface area contributed by atoms with Crippen LogP contribution in [-0.4, -0.2) is 5.16 Å². The summed E-state index contributed by atoms with van der Waals surface area (Å²) in [4.78, 5) is 0. The SMILES string of the molecule is Cc1nocc1CC1CC1. The molecule has 0 atom stereocenters. The molecule has 1 aliphatic rings. The van der Waals surface area contributed by atoms with Gasteiger partial charge in [-0.2, -0.15) is 0 Å². The molecule has 10 heavy (non-hydrogen) atoms. The molecule has 2 nitrogen and oxygen atoms in total. The molecule has 1 fully saturated rings. The Morgan fingerprint density at radius 1 is 1.70 bits per heavy atom. The molecule has 0 amide bonds. The zero-order chi connectivity index (χ0) is 6.97. The minimum absolute atomic E-state index is 0.929. The maximum absolute atomic E-state index is 4.82. The average molecular weight is 137 g/mol. The Balaban J connectivity index is 2.08. The van der Waals surface area contributed by atoms with Crippen molar-refractivity contribution in [3.8, 4) is 0 Å². The third-order valence-corrected chi connectivity index (χ3v) is 2.05. The van der Waals surface area contributed by atoms with Crippen LogP contribution in [0.2, 0.25) is 0 Å². The van der Waals surface area contributed by atoms with Crippen LogP contribution in [0.3, 0.4) is 0 Å². The number of hydrogen-bond acceptors (Lipinski definition) is 2. The number of aromatic nitrogens is 1. The summed E-state index contributed by atoms with van der Waals surface area (Å²) in [5, 5.41) is 3.82. The van der Waals surface area contributed by atoms with Crippen LogP contribution in [0.25, 0.3) is 0 Å². The van der Waals surface area contributed by atoms with Gasteiger partial charge in [0.1, 0.15) is 6.26 Å². The van der Waals surface area contributed by atoms with E-state index in [0.717, 1.165) is 11.6 Å². The average Bonchev–Trinajstić information content (AvgIpc) is 2.62. The molecule has 0 N–H and O–H groups in total. The third kappa shape index (κ3) is 1.06. The van der Waals surface area contributed by atoms with Crippen molar-refractivity contribution in [2.45, 2.75) is 26.2 Å². The molecule has 0 aliphatic heterocycles. The second kappa shape index (κ2) is 2.11. The van der Waals surface area contributed by atoms with E-state index >= 15 is 0 Å². The van der Waals surface area contributed by atoms with Crippen LogP contribution in [0.4, 0.5) is 0 Å². The summed E-state index contributed by atoms with van der Waals surface area (Å²) in [5.41, 5.74) is 2.36. The van der Waals surface area contributed by atoms with Crippen LogP contribution in [0, 0.1) is 12.8 Å². The van der Waals surface area contributed by atoms with E-state index in [-0.39, 0.29) is 0 Å². The van der Waals surface area contributed by atoms with E-state index in [4.69, 9.17) is 4.52 Å².